The lowest BCUT2D eigenvalue weighted by Gasteiger charge is -2.21. The van der Waals surface area contributed by atoms with Gasteiger partial charge in [-0.05, 0) is 51.0 Å². The van der Waals surface area contributed by atoms with E-state index in [0.29, 0.717) is 25.4 Å². The second-order valence-corrected chi connectivity index (χ2v) is 6.99. The Morgan fingerprint density at radius 1 is 1.27 bits per heavy atom. The van der Waals surface area contributed by atoms with Gasteiger partial charge in [-0.15, -0.1) is 0 Å². The van der Waals surface area contributed by atoms with Crippen LogP contribution in [0.15, 0.2) is 29.2 Å². The van der Waals surface area contributed by atoms with Crippen molar-refractivity contribution in [1.29, 1.82) is 0 Å². The molecule has 22 heavy (non-hydrogen) atoms. The van der Waals surface area contributed by atoms with Crippen molar-refractivity contribution in [2.45, 2.75) is 37.6 Å². The van der Waals surface area contributed by atoms with Gasteiger partial charge in [0.2, 0.25) is 15.9 Å². The maximum absolute atomic E-state index is 12.3. The van der Waals surface area contributed by atoms with Crippen molar-refractivity contribution in [2.24, 2.45) is 0 Å². The van der Waals surface area contributed by atoms with E-state index in [4.69, 9.17) is 4.74 Å². The van der Waals surface area contributed by atoms with Crippen LogP contribution in [0.2, 0.25) is 0 Å². The number of amides is 1. The third-order valence-corrected chi connectivity index (χ3v) is 5.12. The lowest BCUT2D eigenvalue weighted by Crippen LogP contribution is -2.45. The van der Waals surface area contributed by atoms with Crippen LogP contribution in [0, 0.1) is 0 Å². The molecule has 1 saturated heterocycles. The summed E-state index contributed by atoms with van der Waals surface area (Å²) in [6.07, 6.45) is 1.95. The number of likely N-dealkylation sites (tertiary alicyclic amines) is 1. The molecule has 1 amide bonds. The van der Waals surface area contributed by atoms with Crippen molar-refractivity contribution >= 4 is 15.9 Å². The average Bonchev–Trinajstić information content (AvgIpc) is 3.01. The van der Waals surface area contributed by atoms with E-state index in [-0.39, 0.29) is 10.8 Å². The van der Waals surface area contributed by atoms with Gasteiger partial charge in [-0.3, -0.25) is 4.79 Å². The molecule has 7 heteroatoms. The van der Waals surface area contributed by atoms with Gasteiger partial charge in [0.15, 0.2) is 0 Å². The second kappa shape index (κ2) is 7.11. The molecule has 1 aromatic carbocycles. The summed E-state index contributed by atoms with van der Waals surface area (Å²) in [6.45, 7) is 5.36. The molecule has 0 spiro atoms. The molecular formula is C15H22N2O4S. The Hall–Kier alpha value is -1.60. The molecule has 1 heterocycles. The van der Waals surface area contributed by atoms with E-state index in [1.165, 1.54) is 12.1 Å². The summed E-state index contributed by atoms with van der Waals surface area (Å²) in [5, 5.41) is 0. The third-order valence-electron chi connectivity index (χ3n) is 3.57. The molecule has 6 nitrogen and oxygen atoms in total. The summed E-state index contributed by atoms with van der Waals surface area (Å²) in [7, 11) is -3.72. The summed E-state index contributed by atoms with van der Waals surface area (Å²) >= 11 is 0. The fourth-order valence-electron chi connectivity index (χ4n) is 2.44. The molecule has 1 atom stereocenters. The number of nitrogens with zero attached hydrogens (tertiary/aromatic N) is 1. The van der Waals surface area contributed by atoms with E-state index >= 15 is 0 Å². The third kappa shape index (κ3) is 3.98. The number of hydrogen-bond donors (Lipinski definition) is 1. The maximum Gasteiger partial charge on any atom is 0.241 e. The molecule has 0 saturated carbocycles. The summed E-state index contributed by atoms with van der Waals surface area (Å²) in [4.78, 5) is 14.0. The lowest BCUT2D eigenvalue weighted by atomic mass is 10.3. The zero-order chi connectivity index (χ0) is 16.2. The predicted molar refractivity (Wildman–Crippen MR) is 83.2 cm³/mol. The standard InChI is InChI=1S/C15H22N2O4S/c1-3-21-13-6-8-14(9-7-13)22(19,20)16-12(2)15(18)17-10-4-5-11-17/h6-9,12,16H,3-5,10-11H2,1-2H3/t12-/m1/s1. The molecule has 1 aliphatic rings. The topological polar surface area (TPSA) is 75.7 Å². The predicted octanol–water partition coefficient (Wildman–Crippen LogP) is 1.37. The van der Waals surface area contributed by atoms with E-state index < -0.39 is 16.1 Å². The van der Waals surface area contributed by atoms with Crippen LogP contribution in [0.25, 0.3) is 0 Å². The quantitative estimate of drug-likeness (QED) is 0.857. The highest BCUT2D eigenvalue weighted by atomic mass is 32.2. The van der Waals surface area contributed by atoms with Gasteiger partial charge in [0.25, 0.3) is 0 Å². The Labute approximate surface area is 131 Å². The number of benzene rings is 1. The van der Waals surface area contributed by atoms with Gasteiger partial charge in [-0.25, -0.2) is 8.42 Å². The van der Waals surface area contributed by atoms with Crippen molar-refractivity contribution in [3.63, 3.8) is 0 Å². The van der Waals surface area contributed by atoms with Crippen LogP contribution in [-0.4, -0.2) is 45.0 Å². The highest BCUT2D eigenvalue weighted by Crippen LogP contribution is 2.17. The van der Waals surface area contributed by atoms with E-state index in [2.05, 4.69) is 4.72 Å². The molecule has 0 bridgehead atoms. The SMILES string of the molecule is CCOc1ccc(S(=O)(=O)N[C@H](C)C(=O)N2CCCC2)cc1. The van der Waals surface area contributed by atoms with Gasteiger partial charge >= 0.3 is 0 Å². The number of nitrogens with one attached hydrogen (secondary N) is 1. The molecule has 1 fully saturated rings. The first-order chi connectivity index (χ1) is 10.4. The van der Waals surface area contributed by atoms with Crippen molar-refractivity contribution in [2.75, 3.05) is 19.7 Å². The molecule has 1 aliphatic heterocycles. The summed E-state index contributed by atoms with van der Waals surface area (Å²) in [5.74, 6) is 0.439. The molecule has 0 aromatic heterocycles. The molecule has 1 aromatic rings. The molecular weight excluding hydrogens is 304 g/mol. The van der Waals surface area contributed by atoms with Crippen LogP contribution < -0.4 is 9.46 Å². The number of rotatable bonds is 6. The smallest absolute Gasteiger partial charge is 0.241 e. The van der Waals surface area contributed by atoms with Gasteiger partial charge in [0.05, 0.1) is 17.5 Å². The summed E-state index contributed by atoms with van der Waals surface area (Å²) in [5.41, 5.74) is 0. The Balaban J connectivity index is 2.04. The minimum Gasteiger partial charge on any atom is -0.494 e. The minimum atomic E-state index is -3.72. The minimum absolute atomic E-state index is 0.122. The molecule has 0 radical (unpaired) electrons. The van der Waals surface area contributed by atoms with Crippen LogP contribution in [0.5, 0.6) is 5.75 Å². The number of sulfonamides is 1. The van der Waals surface area contributed by atoms with Crippen LogP contribution >= 0.6 is 0 Å². The Bertz CT molecular complexity index is 607. The zero-order valence-corrected chi connectivity index (χ0v) is 13.7. The fraction of sp³-hybridized carbons (Fsp3) is 0.533. The van der Waals surface area contributed by atoms with Gasteiger partial charge in [-0.2, -0.15) is 4.72 Å². The van der Waals surface area contributed by atoms with Crippen LogP contribution in [0.1, 0.15) is 26.7 Å². The van der Waals surface area contributed by atoms with Crippen molar-refractivity contribution < 1.29 is 17.9 Å². The van der Waals surface area contributed by atoms with Crippen molar-refractivity contribution in [1.82, 2.24) is 9.62 Å². The molecule has 0 aliphatic carbocycles. The first kappa shape index (κ1) is 16.8. The first-order valence-electron chi connectivity index (χ1n) is 7.48. The average molecular weight is 326 g/mol. The first-order valence-corrected chi connectivity index (χ1v) is 8.96. The number of carbonyl (C=O) groups excluding carboxylic acids is 1. The van der Waals surface area contributed by atoms with E-state index in [1.54, 1.807) is 24.0 Å². The van der Waals surface area contributed by atoms with Crippen molar-refractivity contribution in [3.8, 4) is 5.75 Å². The molecule has 2 rings (SSSR count). The largest absolute Gasteiger partial charge is 0.494 e. The Morgan fingerprint density at radius 3 is 2.41 bits per heavy atom. The number of hydrogen-bond acceptors (Lipinski definition) is 4. The van der Waals surface area contributed by atoms with Crippen LogP contribution in [0.3, 0.4) is 0 Å². The van der Waals surface area contributed by atoms with Gasteiger partial charge in [0.1, 0.15) is 5.75 Å². The number of carbonyl (C=O) groups is 1. The highest BCUT2D eigenvalue weighted by Gasteiger charge is 2.27. The lowest BCUT2D eigenvalue weighted by molar-refractivity contribution is -0.131. The van der Waals surface area contributed by atoms with Crippen LogP contribution in [-0.2, 0) is 14.8 Å². The maximum atomic E-state index is 12.3. The Morgan fingerprint density at radius 2 is 1.86 bits per heavy atom. The summed E-state index contributed by atoms with van der Waals surface area (Å²) < 4.78 is 32.3. The van der Waals surface area contributed by atoms with Crippen LogP contribution in [0.4, 0.5) is 0 Å². The normalized spacial score (nSPS) is 16.5. The monoisotopic (exact) mass is 326 g/mol. The van der Waals surface area contributed by atoms with Gasteiger partial charge < -0.3 is 9.64 Å². The number of ether oxygens (including phenoxy) is 1. The fourth-order valence-corrected chi connectivity index (χ4v) is 3.64. The zero-order valence-electron chi connectivity index (χ0n) is 12.9. The highest BCUT2D eigenvalue weighted by molar-refractivity contribution is 7.89. The van der Waals surface area contributed by atoms with Gasteiger partial charge in [-0.1, -0.05) is 0 Å². The van der Waals surface area contributed by atoms with E-state index in [1.807, 2.05) is 6.92 Å². The van der Waals surface area contributed by atoms with E-state index in [0.717, 1.165) is 12.8 Å². The molecule has 122 valence electrons. The summed E-state index contributed by atoms with van der Waals surface area (Å²) in [6, 6.07) is 5.38. The van der Waals surface area contributed by atoms with Crippen molar-refractivity contribution in [3.05, 3.63) is 24.3 Å². The second-order valence-electron chi connectivity index (χ2n) is 5.28. The molecule has 0 unspecified atom stereocenters. The van der Waals surface area contributed by atoms with Gasteiger partial charge in [0, 0.05) is 13.1 Å². The Kier molecular flexibility index (Phi) is 5.42. The van der Waals surface area contributed by atoms with E-state index in [9.17, 15) is 13.2 Å². The molecule has 1 N–H and O–H groups in total.